The van der Waals surface area contributed by atoms with Crippen LogP contribution < -0.4 is 5.56 Å². The number of aromatic nitrogens is 4. The van der Waals surface area contributed by atoms with E-state index in [-0.39, 0.29) is 5.56 Å². The minimum absolute atomic E-state index is 0.124. The van der Waals surface area contributed by atoms with Gasteiger partial charge in [0.2, 0.25) is 0 Å². The molecule has 0 amide bonds. The van der Waals surface area contributed by atoms with Crippen LogP contribution in [0, 0.1) is 0 Å². The van der Waals surface area contributed by atoms with Gasteiger partial charge >= 0.3 is 0 Å². The quantitative estimate of drug-likeness (QED) is 0.738. The monoisotopic (exact) mass is 285 g/mol. The molecule has 4 rings (SSSR count). The molecule has 1 aliphatic heterocycles. The van der Waals surface area contributed by atoms with E-state index in [0.29, 0.717) is 17.6 Å². The molecule has 0 bridgehead atoms. The lowest BCUT2D eigenvalue weighted by atomic mass is 10.2. The summed E-state index contributed by atoms with van der Waals surface area (Å²) in [4.78, 5) is 14.4. The SMILES string of the molecule is O=c1[nH]n2c(CN3CCOCC3)nnc2c2ccccc12. The van der Waals surface area contributed by atoms with Crippen molar-refractivity contribution in [1.29, 1.82) is 0 Å². The Hall–Kier alpha value is -2.25. The van der Waals surface area contributed by atoms with E-state index < -0.39 is 0 Å². The summed E-state index contributed by atoms with van der Waals surface area (Å²) in [6, 6.07) is 7.44. The van der Waals surface area contributed by atoms with Crippen LogP contribution in [0.5, 0.6) is 0 Å². The smallest absolute Gasteiger partial charge is 0.270 e. The van der Waals surface area contributed by atoms with Gasteiger partial charge in [-0.15, -0.1) is 10.2 Å². The Labute approximate surface area is 120 Å². The number of ether oxygens (including phenoxy) is 1. The van der Waals surface area contributed by atoms with E-state index in [2.05, 4.69) is 20.2 Å². The molecule has 7 heteroatoms. The molecule has 21 heavy (non-hydrogen) atoms. The number of hydrogen-bond acceptors (Lipinski definition) is 5. The van der Waals surface area contributed by atoms with Gasteiger partial charge in [0.25, 0.3) is 5.56 Å². The van der Waals surface area contributed by atoms with Gasteiger partial charge in [-0.3, -0.25) is 14.8 Å². The van der Waals surface area contributed by atoms with Crippen molar-refractivity contribution in [1.82, 2.24) is 24.7 Å². The average Bonchev–Trinajstić information content (AvgIpc) is 2.92. The van der Waals surface area contributed by atoms with Gasteiger partial charge in [0, 0.05) is 18.5 Å². The molecule has 0 unspecified atom stereocenters. The van der Waals surface area contributed by atoms with Gasteiger partial charge in [-0.1, -0.05) is 18.2 Å². The van der Waals surface area contributed by atoms with E-state index in [1.807, 2.05) is 18.2 Å². The van der Waals surface area contributed by atoms with Crippen molar-refractivity contribution >= 4 is 16.4 Å². The Morgan fingerprint density at radius 1 is 1.14 bits per heavy atom. The first-order valence-electron chi connectivity index (χ1n) is 6.98. The molecule has 0 radical (unpaired) electrons. The number of fused-ring (bicyclic) bond motifs is 3. The lowest BCUT2D eigenvalue weighted by molar-refractivity contribution is 0.0328. The molecule has 1 aromatic carbocycles. The fourth-order valence-electron chi connectivity index (χ4n) is 2.71. The van der Waals surface area contributed by atoms with Crippen molar-refractivity contribution in [3.63, 3.8) is 0 Å². The summed E-state index contributed by atoms with van der Waals surface area (Å²) in [6.45, 7) is 3.85. The minimum atomic E-state index is -0.124. The summed E-state index contributed by atoms with van der Waals surface area (Å²) in [5, 5.41) is 12.8. The number of rotatable bonds is 2. The normalized spacial score (nSPS) is 16.8. The molecular formula is C14H15N5O2. The topological polar surface area (TPSA) is 75.5 Å². The molecule has 1 N–H and O–H groups in total. The van der Waals surface area contributed by atoms with Gasteiger partial charge in [-0.25, -0.2) is 4.52 Å². The molecule has 0 aliphatic carbocycles. The van der Waals surface area contributed by atoms with Crippen LogP contribution in [0.1, 0.15) is 5.82 Å². The highest BCUT2D eigenvalue weighted by molar-refractivity contribution is 5.92. The Morgan fingerprint density at radius 2 is 1.90 bits per heavy atom. The van der Waals surface area contributed by atoms with Crippen LogP contribution in [0.2, 0.25) is 0 Å². The molecule has 1 saturated heterocycles. The first-order chi connectivity index (χ1) is 10.3. The van der Waals surface area contributed by atoms with E-state index in [1.54, 1.807) is 10.6 Å². The first kappa shape index (κ1) is 12.5. The molecule has 2 aromatic heterocycles. The number of morpholine rings is 1. The van der Waals surface area contributed by atoms with Crippen molar-refractivity contribution < 1.29 is 4.74 Å². The van der Waals surface area contributed by atoms with Gasteiger partial charge in [0.05, 0.1) is 25.1 Å². The lowest BCUT2D eigenvalue weighted by Crippen LogP contribution is -2.36. The van der Waals surface area contributed by atoms with E-state index in [1.165, 1.54) is 0 Å². The van der Waals surface area contributed by atoms with Crippen LogP contribution in [-0.2, 0) is 11.3 Å². The highest BCUT2D eigenvalue weighted by Crippen LogP contribution is 2.15. The molecule has 0 saturated carbocycles. The van der Waals surface area contributed by atoms with Crippen molar-refractivity contribution in [2.24, 2.45) is 0 Å². The predicted molar refractivity (Wildman–Crippen MR) is 77.2 cm³/mol. The summed E-state index contributed by atoms with van der Waals surface area (Å²) in [6.07, 6.45) is 0. The van der Waals surface area contributed by atoms with E-state index in [0.717, 1.165) is 37.5 Å². The van der Waals surface area contributed by atoms with Gasteiger partial charge < -0.3 is 4.74 Å². The third-order valence-electron chi connectivity index (χ3n) is 3.82. The molecule has 1 fully saturated rings. The molecule has 108 valence electrons. The average molecular weight is 285 g/mol. The number of H-pyrrole nitrogens is 1. The van der Waals surface area contributed by atoms with Gasteiger partial charge in [0.15, 0.2) is 11.5 Å². The van der Waals surface area contributed by atoms with E-state index in [9.17, 15) is 4.79 Å². The number of aromatic amines is 1. The maximum atomic E-state index is 12.2. The number of hydrogen-bond donors (Lipinski definition) is 1. The molecule has 3 heterocycles. The van der Waals surface area contributed by atoms with Crippen molar-refractivity contribution in [2.75, 3.05) is 26.3 Å². The summed E-state index contributed by atoms with van der Waals surface area (Å²) >= 11 is 0. The van der Waals surface area contributed by atoms with E-state index >= 15 is 0 Å². The second-order valence-corrected chi connectivity index (χ2v) is 5.15. The predicted octanol–water partition coefficient (Wildman–Crippen LogP) is 0.403. The van der Waals surface area contributed by atoms with Crippen LogP contribution in [0.4, 0.5) is 0 Å². The number of nitrogens with one attached hydrogen (secondary N) is 1. The Kier molecular flexibility index (Phi) is 2.94. The zero-order chi connectivity index (χ0) is 14.2. The molecule has 3 aromatic rings. The number of benzene rings is 1. The summed E-state index contributed by atoms with van der Waals surface area (Å²) in [5.74, 6) is 0.745. The van der Waals surface area contributed by atoms with Gasteiger partial charge in [0.1, 0.15) is 0 Å². The summed E-state index contributed by atoms with van der Waals surface area (Å²) < 4.78 is 7.04. The van der Waals surface area contributed by atoms with Crippen LogP contribution in [0.3, 0.4) is 0 Å². The van der Waals surface area contributed by atoms with Crippen LogP contribution in [0.25, 0.3) is 16.4 Å². The Morgan fingerprint density at radius 3 is 2.71 bits per heavy atom. The van der Waals surface area contributed by atoms with E-state index in [4.69, 9.17) is 4.74 Å². The Bertz CT molecular complexity index is 847. The standard InChI is InChI=1S/C14H15N5O2/c20-14-11-4-2-1-3-10(11)13-16-15-12(19(13)17-14)9-18-5-7-21-8-6-18/h1-4H,5-9H2,(H,17,20). The summed E-state index contributed by atoms with van der Waals surface area (Å²) in [7, 11) is 0. The van der Waals surface area contributed by atoms with Crippen LogP contribution in [-0.4, -0.2) is 51.0 Å². The molecule has 0 atom stereocenters. The largest absolute Gasteiger partial charge is 0.379 e. The molecule has 7 nitrogen and oxygen atoms in total. The van der Waals surface area contributed by atoms with Gasteiger partial charge in [-0.05, 0) is 6.07 Å². The molecular weight excluding hydrogens is 270 g/mol. The van der Waals surface area contributed by atoms with Crippen LogP contribution in [0.15, 0.2) is 29.1 Å². The van der Waals surface area contributed by atoms with Crippen molar-refractivity contribution in [3.8, 4) is 0 Å². The lowest BCUT2D eigenvalue weighted by Gasteiger charge is -2.25. The number of nitrogens with zero attached hydrogens (tertiary/aromatic N) is 4. The van der Waals surface area contributed by atoms with Crippen molar-refractivity contribution in [2.45, 2.75) is 6.54 Å². The fourth-order valence-corrected chi connectivity index (χ4v) is 2.71. The highest BCUT2D eigenvalue weighted by Gasteiger charge is 2.16. The Balaban J connectivity index is 1.82. The fraction of sp³-hybridized carbons (Fsp3) is 0.357. The molecule has 1 aliphatic rings. The third kappa shape index (κ3) is 2.10. The maximum Gasteiger partial charge on any atom is 0.270 e. The van der Waals surface area contributed by atoms with Crippen LogP contribution >= 0.6 is 0 Å². The van der Waals surface area contributed by atoms with Gasteiger partial charge in [-0.2, -0.15) is 0 Å². The molecule has 0 spiro atoms. The van der Waals surface area contributed by atoms with Crippen molar-refractivity contribution in [3.05, 3.63) is 40.4 Å². The first-order valence-corrected chi connectivity index (χ1v) is 6.98. The maximum absolute atomic E-state index is 12.2. The zero-order valence-electron chi connectivity index (χ0n) is 11.5. The summed E-state index contributed by atoms with van der Waals surface area (Å²) in [5.41, 5.74) is 0.564. The second kappa shape index (κ2) is 4.94. The highest BCUT2D eigenvalue weighted by atomic mass is 16.5. The zero-order valence-corrected chi connectivity index (χ0v) is 11.5. The third-order valence-corrected chi connectivity index (χ3v) is 3.82. The second-order valence-electron chi connectivity index (χ2n) is 5.15. The minimum Gasteiger partial charge on any atom is -0.379 e.